The minimum atomic E-state index is -0.0853. The van der Waals surface area contributed by atoms with E-state index in [9.17, 15) is 0 Å². The first-order chi connectivity index (χ1) is 10.1. The highest BCUT2D eigenvalue weighted by molar-refractivity contribution is 7.99. The lowest BCUT2D eigenvalue weighted by Gasteiger charge is -2.39. The number of nitrogens with one attached hydrogen (secondary N) is 1. The van der Waals surface area contributed by atoms with Crippen LogP contribution in [0.1, 0.15) is 58.1 Å². The molecular weight excluding hydrogens is 278 g/mol. The lowest BCUT2D eigenvalue weighted by Crippen LogP contribution is -2.44. The van der Waals surface area contributed by atoms with Crippen LogP contribution in [0.3, 0.4) is 0 Å². The Morgan fingerprint density at radius 2 is 2.10 bits per heavy atom. The van der Waals surface area contributed by atoms with E-state index in [-0.39, 0.29) is 5.60 Å². The Hall–Kier alpha value is -0.670. The van der Waals surface area contributed by atoms with Gasteiger partial charge in [-0.1, -0.05) is 31.5 Å². The van der Waals surface area contributed by atoms with Gasteiger partial charge < -0.3 is 10.1 Å². The number of fused-ring (bicyclic) bond motifs is 1. The van der Waals surface area contributed by atoms with Gasteiger partial charge in [-0.05, 0) is 38.5 Å². The van der Waals surface area contributed by atoms with Crippen LogP contribution in [0.15, 0.2) is 24.3 Å². The second-order valence-corrected chi connectivity index (χ2v) is 8.37. The van der Waals surface area contributed by atoms with E-state index in [0.29, 0.717) is 12.1 Å². The van der Waals surface area contributed by atoms with Gasteiger partial charge in [0.05, 0.1) is 0 Å². The van der Waals surface area contributed by atoms with Gasteiger partial charge >= 0.3 is 0 Å². The molecule has 1 fully saturated rings. The Morgan fingerprint density at radius 3 is 2.90 bits per heavy atom. The van der Waals surface area contributed by atoms with Crippen molar-refractivity contribution < 1.29 is 4.74 Å². The maximum absolute atomic E-state index is 6.14. The average molecular weight is 305 g/mol. The van der Waals surface area contributed by atoms with Gasteiger partial charge in [0, 0.05) is 29.3 Å². The van der Waals surface area contributed by atoms with Crippen molar-refractivity contribution in [3.8, 4) is 5.75 Å². The molecule has 0 amide bonds. The molecule has 1 aliphatic heterocycles. The zero-order chi connectivity index (χ0) is 14.9. The number of thioether (sulfide) groups is 1. The molecule has 0 saturated heterocycles. The van der Waals surface area contributed by atoms with E-state index in [1.54, 1.807) is 0 Å². The summed E-state index contributed by atoms with van der Waals surface area (Å²) in [6.07, 6.45) is 5.09. The second kappa shape index (κ2) is 6.21. The lowest BCUT2D eigenvalue weighted by molar-refractivity contribution is 0.0639. The molecule has 3 heteroatoms. The maximum Gasteiger partial charge on any atom is 0.124 e. The molecule has 1 heterocycles. The third kappa shape index (κ3) is 3.40. The summed E-state index contributed by atoms with van der Waals surface area (Å²) in [4.78, 5) is 0. The summed E-state index contributed by atoms with van der Waals surface area (Å²) in [5.74, 6) is 2.28. The number of ether oxygens (including phenoxy) is 1. The van der Waals surface area contributed by atoms with Crippen LogP contribution < -0.4 is 10.1 Å². The van der Waals surface area contributed by atoms with E-state index in [1.165, 1.54) is 30.6 Å². The summed E-state index contributed by atoms with van der Waals surface area (Å²) < 4.78 is 6.14. The molecule has 21 heavy (non-hydrogen) atoms. The molecular formula is C18H27NOS. The average Bonchev–Trinajstić information content (AvgIpc) is 2.85. The molecule has 2 nitrogen and oxygen atoms in total. The SMILES string of the molecule is CCSC1CCCC1NC1CC(C)(C)Oc2ccccc21. The fourth-order valence-electron chi connectivity index (χ4n) is 3.74. The zero-order valence-corrected chi connectivity index (χ0v) is 14.2. The fourth-order valence-corrected chi connectivity index (χ4v) is 4.95. The molecule has 1 aromatic carbocycles. The normalized spacial score (nSPS) is 30.7. The van der Waals surface area contributed by atoms with Gasteiger partial charge in [0.2, 0.25) is 0 Å². The van der Waals surface area contributed by atoms with Crippen LogP contribution in [0.2, 0.25) is 0 Å². The molecule has 1 aromatic rings. The Balaban J connectivity index is 1.78. The summed E-state index contributed by atoms with van der Waals surface area (Å²) >= 11 is 2.12. The molecule has 3 rings (SSSR count). The second-order valence-electron chi connectivity index (χ2n) is 6.85. The molecule has 0 radical (unpaired) electrons. The van der Waals surface area contributed by atoms with Crippen LogP contribution in [-0.4, -0.2) is 22.6 Å². The van der Waals surface area contributed by atoms with Crippen molar-refractivity contribution >= 4 is 11.8 Å². The molecule has 0 spiro atoms. The van der Waals surface area contributed by atoms with E-state index in [4.69, 9.17) is 4.74 Å². The summed E-state index contributed by atoms with van der Waals surface area (Å²) in [7, 11) is 0. The van der Waals surface area contributed by atoms with E-state index in [2.05, 4.69) is 62.1 Å². The number of rotatable bonds is 4. The van der Waals surface area contributed by atoms with Crippen molar-refractivity contribution in [1.82, 2.24) is 5.32 Å². The standard InChI is InChI=1S/C18H27NOS/c1-4-21-17-11-7-9-14(17)19-15-12-18(2,3)20-16-10-6-5-8-13(15)16/h5-6,8,10,14-15,17,19H,4,7,9,11-12H2,1-3H3. The fraction of sp³-hybridized carbons (Fsp3) is 0.667. The molecule has 3 atom stereocenters. The summed E-state index contributed by atoms with van der Waals surface area (Å²) in [6, 6.07) is 9.61. The van der Waals surface area contributed by atoms with Crippen LogP contribution in [0, 0.1) is 0 Å². The topological polar surface area (TPSA) is 21.3 Å². The van der Waals surface area contributed by atoms with E-state index in [1.807, 2.05) is 0 Å². The largest absolute Gasteiger partial charge is 0.487 e. The summed E-state index contributed by atoms with van der Waals surface area (Å²) in [6.45, 7) is 6.67. The Bertz CT molecular complexity index is 488. The Kier molecular flexibility index (Phi) is 4.51. The molecule has 1 N–H and O–H groups in total. The molecule has 116 valence electrons. The van der Waals surface area contributed by atoms with Gasteiger partial charge in [-0.3, -0.25) is 0 Å². The van der Waals surface area contributed by atoms with Crippen LogP contribution in [0.4, 0.5) is 0 Å². The van der Waals surface area contributed by atoms with Crippen molar-refractivity contribution in [3.63, 3.8) is 0 Å². The number of hydrogen-bond donors (Lipinski definition) is 1. The first-order valence-electron chi connectivity index (χ1n) is 8.24. The van der Waals surface area contributed by atoms with Gasteiger partial charge in [-0.2, -0.15) is 11.8 Å². The first-order valence-corrected chi connectivity index (χ1v) is 9.29. The zero-order valence-electron chi connectivity index (χ0n) is 13.4. The van der Waals surface area contributed by atoms with Crippen molar-refractivity contribution in [2.75, 3.05) is 5.75 Å². The van der Waals surface area contributed by atoms with Crippen molar-refractivity contribution in [2.24, 2.45) is 0 Å². The van der Waals surface area contributed by atoms with Gasteiger partial charge in [0.25, 0.3) is 0 Å². The molecule has 3 unspecified atom stereocenters. The van der Waals surface area contributed by atoms with Crippen molar-refractivity contribution in [3.05, 3.63) is 29.8 Å². The van der Waals surface area contributed by atoms with Crippen LogP contribution in [-0.2, 0) is 0 Å². The van der Waals surface area contributed by atoms with Gasteiger partial charge in [0.1, 0.15) is 11.4 Å². The maximum atomic E-state index is 6.14. The first kappa shape index (κ1) is 15.2. The highest BCUT2D eigenvalue weighted by Crippen LogP contribution is 2.41. The van der Waals surface area contributed by atoms with Gasteiger partial charge in [0.15, 0.2) is 0 Å². The van der Waals surface area contributed by atoms with Crippen LogP contribution in [0.5, 0.6) is 5.75 Å². The number of para-hydroxylation sites is 1. The van der Waals surface area contributed by atoms with Crippen LogP contribution in [0.25, 0.3) is 0 Å². The smallest absolute Gasteiger partial charge is 0.124 e. The highest BCUT2D eigenvalue weighted by atomic mass is 32.2. The molecule has 1 saturated carbocycles. The van der Waals surface area contributed by atoms with E-state index >= 15 is 0 Å². The number of benzene rings is 1. The molecule has 1 aliphatic carbocycles. The molecule has 0 aromatic heterocycles. The highest BCUT2D eigenvalue weighted by Gasteiger charge is 2.36. The Morgan fingerprint density at radius 1 is 1.29 bits per heavy atom. The van der Waals surface area contributed by atoms with Crippen molar-refractivity contribution in [2.45, 2.75) is 69.4 Å². The summed E-state index contributed by atoms with van der Waals surface area (Å²) in [5.41, 5.74) is 1.25. The third-order valence-corrected chi connectivity index (χ3v) is 5.95. The van der Waals surface area contributed by atoms with Gasteiger partial charge in [-0.15, -0.1) is 0 Å². The predicted molar refractivity (Wildman–Crippen MR) is 91.2 cm³/mol. The summed E-state index contributed by atoms with van der Waals surface area (Å²) in [5, 5.41) is 4.75. The number of hydrogen-bond acceptors (Lipinski definition) is 3. The minimum Gasteiger partial charge on any atom is -0.487 e. The Labute approximate surface area is 133 Å². The van der Waals surface area contributed by atoms with Gasteiger partial charge in [-0.25, -0.2) is 0 Å². The third-order valence-electron chi connectivity index (χ3n) is 4.62. The molecule has 2 aliphatic rings. The van der Waals surface area contributed by atoms with E-state index in [0.717, 1.165) is 17.4 Å². The van der Waals surface area contributed by atoms with Crippen LogP contribution >= 0.6 is 11.8 Å². The lowest BCUT2D eigenvalue weighted by atomic mass is 9.89. The van der Waals surface area contributed by atoms with Crippen molar-refractivity contribution in [1.29, 1.82) is 0 Å². The quantitative estimate of drug-likeness (QED) is 0.881. The monoisotopic (exact) mass is 305 g/mol. The molecule has 0 bridgehead atoms. The minimum absolute atomic E-state index is 0.0853. The van der Waals surface area contributed by atoms with E-state index < -0.39 is 0 Å². The predicted octanol–water partition coefficient (Wildman–Crippen LogP) is 4.55.